The van der Waals surface area contributed by atoms with Crippen molar-refractivity contribution >= 4 is 29.8 Å². The Bertz CT molecular complexity index is 501. The van der Waals surface area contributed by atoms with E-state index in [9.17, 15) is 24.0 Å². The third-order valence-electron chi connectivity index (χ3n) is 2.17. The molecule has 0 aliphatic rings. The van der Waals surface area contributed by atoms with Crippen LogP contribution in [0.2, 0.25) is 0 Å². The fraction of sp³-hybridized carbons (Fsp3) is 0.417. The molecule has 0 bridgehead atoms. The average Bonchev–Trinajstić information content (AvgIpc) is 2.51. The van der Waals surface area contributed by atoms with Crippen molar-refractivity contribution in [2.24, 2.45) is 5.73 Å². The van der Waals surface area contributed by atoms with Crippen LogP contribution in [0.4, 0.5) is 0 Å². The zero-order chi connectivity index (χ0) is 17.8. The minimum Gasteiger partial charge on any atom is -0.480 e. The number of rotatable bonds is 9. The maximum absolute atomic E-state index is 11.4. The van der Waals surface area contributed by atoms with Gasteiger partial charge in [0.05, 0.1) is 20.1 Å². The Morgan fingerprint density at radius 2 is 1.74 bits per heavy atom. The first-order chi connectivity index (χ1) is 10.8. The van der Waals surface area contributed by atoms with Crippen molar-refractivity contribution in [1.82, 2.24) is 5.32 Å². The van der Waals surface area contributed by atoms with E-state index in [0.717, 1.165) is 19.3 Å². The summed E-state index contributed by atoms with van der Waals surface area (Å²) >= 11 is 0. The Morgan fingerprint density at radius 1 is 1.13 bits per heavy atom. The SMILES string of the molecule is COC(=O)C=CC(=O)OCOC(=O)C[C@H](NC(=O)CN)C(=O)O. The Labute approximate surface area is 130 Å². The predicted octanol–water partition coefficient (Wildman–Crippen LogP) is -2.32. The molecule has 0 fully saturated rings. The van der Waals surface area contributed by atoms with E-state index in [1.165, 1.54) is 0 Å². The van der Waals surface area contributed by atoms with Gasteiger partial charge in [-0.2, -0.15) is 0 Å². The summed E-state index contributed by atoms with van der Waals surface area (Å²) in [5.74, 6) is -5.00. The number of carbonyl (C=O) groups excluding carboxylic acids is 4. The molecule has 1 atom stereocenters. The second-order valence-electron chi connectivity index (χ2n) is 3.82. The number of carbonyl (C=O) groups is 5. The Balaban J connectivity index is 4.20. The molecule has 23 heavy (non-hydrogen) atoms. The van der Waals surface area contributed by atoms with Gasteiger partial charge in [-0.3, -0.25) is 9.59 Å². The van der Waals surface area contributed by atoms with Gasteiger partial charge in [-0.05, 0) is 0 Å². The number of hydrogen-bond acceptors (Lipinski definition) is 9. The quantitative estimate of drug-likeness (QED) is 0.236. The second kappa shape index (κ2) is 10.7. The van der Waals surface area contributed by atoms with E-state index in [2.05, 4.69) is 14.2 Å². The number of nitrogens with one attached hydrogen (secondary N) is 1. The number of hydrogen-bond donors (Lipinski definition) is 3. The number of esters is 3. The standard InChI is InChI=1S/C12H16N2O9/c1-21-9(16)2-3-10(17)22-6-23-11(18)4-7(12(19)20)14-8(15)5-13/h2-3,7H,4-6,13H2,1H3,(H,14,15)(H,19,20)/t7-/m0/s1. The number of ether oxygens (including phenoxy) is 3. The van der Waals surface area contributed by atoms with Gasteiger partial charge in [0.2, 0.25) is 12.7 Å². The summed E-state index contributed by atoms with van der Waals surface area (Å²) in [5, 5.41) is 10.8. The molecule has 0 rings (SSSR count). The Kier molecular flexibility index (Phi) is 9.35. The number of aliphatic carboxylic acids is 1. The molecule has 0 heterocycles. The number of amides is 1. The Morgan fingerprint density at radius 3 is 2.26 bits per heavy atom. The molecule has 0 unspecified atom stereocenters. The summed E-state index contributed by atoms with van der Waals surface area (Å²) in [6, 6.07) is -1.52. The predicted molar refractivity (Wildman–Crippen MR) is 71.4 cm³/mol. The maximum Gasteiger partial charge on any atom is 0.333 e. The van der Waals surface area contributed by atoms with Gasteiger partial charge in [-0.25, -0.2) is 14.4 Å². The first-order valence-corrected chi connectivity index (χ1v) is 6.10. The van der Waals surface area contributed by atoms with Crippen LogP contribution in [-0.2, 0) is 38.2 Å². The summed E-state index contributed by atoms with van der Waals surface area (Å²) in [6.07, 6.45) is 0.866. The summed E-state index contributed by atoms with van der Waals surface area (Å²) in [4.78, 5) is 55.0. The zero-order valence-electron chi connectivity index (χ0n) is 12.1. The number of carboxylic acids is 1. The molecule has 0 aromatic heterocycles. The molecule has 0 spiro atoms. The third-order valence-corrected chi connectivity index (χ3v) is 2.17. The molecule has 0 saturated carbocycles. The minimum atomic E-state index is -1.52. The van der Waals surface area contributed by atoms with Crippen LogP contribution in [-0.4, -0.2) is 61.4 Å². The van der Waals surface area contributed by atoms with Gasteiger partial charge in [0.25, 0.3) is 0 Å². The normalized spacial score (nSPS) is 11.4. The smallest absolute Gasteiger partial charge is 0.333 e. The molecule has 0 saturated heterocycles. The van der Waals surface area contributed by atoms with E-state index >= 15 is 0 Å². The lowest BCUT2D eigenvalue weighted by Gasteiger charge is -2.13. The van der Waals surface area contributed by atoms with Crippen LogP contribution in [0.5, 0.6) is 0 Å². The molecule has 0 aromatic rings. The highest BCUT2D eigenvalue weighted by Gasteiger charge is 2.23. The van der Waals surface area contributed by atoms with Gasteiger partial charge >= 0.3 is 23.9 Å². The number of nitrogens with two attached hydrogens (primary N) is 1. The van der Waals surface area contributed by atoms with Crippen LogP contribution in [0.25, 0.3) is 0 Å². The molecule has 1 amide bonds. The molecule has 128 valence electrons. The van der Waals surface area contributed by atoms with E-state index in [1.54, 1.807) is 0 Å². The zero-order valence-corrected chi connectivity index (χ0v) is 12.1. The lowest BCUT2D eigenvalue weighted by Crippen LogP contribution is -2.44. The van der Waals surface area contributed by atoms with E-state index < -0.39 is 55.6 Å². The third kappa shape index (κ3) is 9.57. The van der Waals surface area contributed by atoms with Crippen molar-refractivity contribution in [2.75, 3.05) is 20.4 Å². The van der Waals surface area contributed by atoms with E-state index in [1.807, 2.05) is 5.32 Å². The molecule has 0 aromatic carbocycles. The summed E-state index contributed by atoms with van der Waals surface area (Å²) in [5.41, 5.74) is 5.01. The van der Waals surface area contributed by atoms with Crippen LogP contribution < -0.4 is 11.1 Å². The number of methoxy groups -OCH3 is 1. The fourth-order valence-electron chi connectivity index (χ4n) is 1.08. The molecular weight excluding hydrogens is 316 g/mol. The fourth-order valence-corrected chi connectivity index (χ4v) is 1.08. The van der Waals surface area contributed by atoms with E-state index in [-0.39, 0.29) is 0 Å². The molecule has 0 aliphatic carbocycles. The van der Waals surface area contributed by atoms with Crippen molar-refractivity contribution in [3.63, 3.8) is 0 Å². The van der Waals surface area contributed by atoms with Crippen LogP contribution in [0.1, 0.15) is 6.42 Å². The summed E-state index contributed by atoms with van der Waals surface area (Å²) in [6.45, 7) is -1.23. The second-order valence-corrected chi connectivity index (χ2v) is 3.82. The van der Waals surface area contributed by atoms with Crippen LogP contribution in [0.15, 0.2) is 12.2 Å². The largest absolute Gasteiger partial charge is 0.480 e. The van der Waals surface area contributed by atoms with Crippen molar-refractivity contribution < 1.29 is 43.3 Å². The Hall–Kier alpha value is -2.95. The molecule has 11 nitrogen and oxygen atoms in total. The highest BCUT2D eigenvalue weighted by molar-refractivity contribution is 5.91. The van der Waals surface area contributed by atoms with Gasteiger partial charge < -0.3 is 30.4 Å². The average molecular weight is 332 g/mol. The van der Waals surface area contributed by atoms with Gasteiger partial charge in [0, 0.05) is 12.2 Å². The van der Waals surface area contributed by atoms with Gasteiger partial charge in [0.1, 0.15) is 6.04 Å². The van der Waals surface area contributed by atoms with E-state index in [4.69, 9.17) is 10.8 Å². The van der Waals surface area contributed by atoms with E-state index in [0.29, 0.717) is 0 Å². The van der Waals surface area contributed by atoms with Crippen molar-refractivity contribution in [1.29, 1.82) is 0 Å². The van der Waals surface area contributed by atoms with Crippen LogP contribution in [0.3, 0.4) is 0 Å². The lowest BCUT2D eigenvalue weighted by atomic mass is 10.2. The summed E-state index contributed by atoms with van der Waals surface area (Å²) in [7, 11) is 1.11. The highest BCUT2D eigenvalue weighted by Crippen LogP contribution is 1.97. The number of carboxylic acid groups (broad SMARTS) is 1. The molecular formula is C12H16N2O9. The van der Waals surface area contributed by atoms with Crippen LogP contribution in [0, 0.1) is 0 Å². The monoisotopic (exact) mass is 332 g/mol. The first kappa shape index (κ1) is 20.1. The van der Waals surface area contributed by atoms with Gasteiger partial charge in [-0.1, -0.05) is 0 Å². The van der Waals surface area contributed by atoms with Crippen molar-refractivity contribution in [3.05, 3.63) is 12.2 Å². The maximum atomic E-state index is 11.4. The van der Waals surface area contributed by atoms with Crippen molar-refractivity contribution in [2.45, 2.75) is 12.5 Å². The molecule has 0 aliphatic heterocycles. The topological polar surface area (TPSA) is 171 Å². The minimum absolute atomic E-state index is 0.441. The van der Waals surface area contributed by atoms with Crippen LogP contribution >= 0.6 is 0 Å². The molecule has 11 heteroatoms. The highest BCUT2D eigenvalue weighted by atomic mass is 16.7. The molecule has 0 radical (unpaired) electrons. The lowest BCUT2D eigenvalue weighted by molar-refractivity contribution is -0.166. The first-order valence-electron chi connectivity index (χ1n) is 6.10. The molecule has 4 N–H and O–H groups in total. The summed E-state index contributed by atoms with van der Waals surface area (Å²) < 4.78 is 13.1. The van der Waals surface area contributed by atoms with Gasteiger partial charge in [-0.15, -0.1) is 0 Å². The van der Waals surface area contributed by atoms with Crippen molar-refractivity contribution in [3.8, 4) is 0 Å². The van der Waals surface area contributed by atoms with Gasteiger partial charge in [0.15, 0.2) is 0 Å².